The molecule has 1 amide bonds. The molecule has 4 aromatic heterocycles. The molecule has 0 aliphatic rings. The van der Waals surface area contributed by atoms with Crippen LogP contribution in [0.1, 0.15) is 27.8 Å². The van der Waals surface area contributed by atoms with Crippen LogP contribution in [0.2, 0.25) is 0 Å². The Morgan fingerprint density at radius 1 is 1.25 bits per heavy atom. The smallest absolute Gasteiger partial charge is 0.294 e. The van der Waals surface area contributed by atoms with E-state index in [2.05, 4.69) is 15.3 Å². The van der Waals surface area contributed by atoms with E-state index in [-0.39, 0.29) is 29.4 Å². The van der Waals surface area contributed by atoms with Crippen molar-refractivity contribution in [3.8, 4) is 11.3 Å². The molecule has 9 heteroatoms. The largest absolute Gasteiger partial charge is 0.466 e. The lowest BCUT2D eigenvalue weighted by atomic mass is 10.2. The van der Waals surface area contributed by atoms with Crippen LogP contribution in [0.3, 0.4) is 0 Å². The van der Waals surface area contributed by atoms with Gasteiger partial charge in [-0.2, -0.15) is 0 Å². The van der Waals surface area contributed by atoms with Gasteiger partial charge in [-0.05, 0) is 19.9 Å². The fraction of sp³-hybridized carbons (Fsp3) is 0.263. The van der Waals surface area contributed by atoms with Crippen LogP contribution in [-0.4, -0.2) is 29.4 Å². The van der Waals surface area contributed by atoms with Crippen LogP contribution in [0, 0.1) is 13.8 Å². The molecule has 9 nitrogen and oxygen atoms in total. The minimum Gasteiger partial charge on any atom is -0.466 e. The van der Waals surface area contributed by atoms with Crippen LogP contribution in [0.4, 0.5) is 0 Å². The Bertz CT molecular complexity index is 1260. The first-order valence-corrected chi connectivity index (χ1v) is 8.75. The molecule has 0 aromatic carbocycles. The van der Waals surface area contributed by atoms with E-state index in [0.29, 0.717) is 5.69 Å². The summed E-state index contributed by atoms with van der Waals surface area (Å²) in [5.41, 5.74) is 1.58. The van der Waals surface area contributed by atoms with Crippen molar-refractivity contribution in [2.24, 2.45) is 14.1 Å². The molecular weight excluding hydrogens is 360 g/mol. The maximum absolute atomic E-state index is 12.8. The van der Waals surface area contributed by atoms with E-state index >= 15 is 0 Å². The molecule has 0 atom stereocenters. The minimum atomic E-state index is -0.370. The highest BCUT2D eigenvalue weighted by Crippen LogP contribution is 2.25. The first-order chi connectivity index (χ1) is 13.3. The number of rotatable bonds is 4. The van der Waals surface area contributed by atoms with Crippen LogP contribution >= 0.6 is 0 Å². The van der Waals surface area contributed by atoms with Gasteiger partial charge < -0.3 is 18.9 Å². The number of imidazole rings is 2. The third-order valence-corrected chi connectivity index (χ3v) is 4.73. The number of carbonyl (C=O) groups excluding carboxylic acids is 1. The zero-order valence-corrected chi connectivity index (χ0v) is 16.1. The molecule has 0 saturated carbocycles. The van der Waals surface area contributed by atoms with Crippen LogP contribution in [0.5, 0.6) is 0 Å². The zero-order chi connectivity index (χ0) is 20.0. The summed E-state index contributed by atoms with van der Waals surface area (Å²) in [5.74, 6) is 1.84. The van der Waals surface area contributed by atoms with Crippen molar-refractivity contribution in [3.05, 3.63) is 64.2 Å². The standard InChI is InChI=1S/C19H20N6O3/c1-11-7-13(12(2)28-11)15-10-25-9-14(22-17(25)19(27)24(15)4)18(26)21-8-16-20-5-6-23(16)3/h5-7,9-10H,8H2,1-4H3,(H,21,26). The minimum absolute atomic E-state index is 0.170. The Balaban J connectivity index is 1.70. The molecule has 0 unspecified atom stereocenters. The second-order valence-corrected chi connectivity index (χ2v) is 6.70. The molecule has 4 aromatic rings. The Hall–Kier alpha value is -3.62. The van der Waals surface area contributed by atoms with E-state index in [4.69, 9.17) is 4.42 Å². The summed E-state index contributed by atoms with van der Waals surface area (Å²) < 4.78 is 10.5. The van der Waals surface area contributed by atoms with Gasteiger partial charge >= 0.3 is 0 Å². The van der Waals surface area contributed by atoms with E-state index in [1.54, 1.807) is 36.2 Å². The molecule has 0 radical (unpaired) electrons. The highest BCUT2D eigenvalue weighted by Gasteiger charge is 2.18. The van der Waals surface area contributed by atoms with Crippen molar-refractivity contribution in [1.29, 1.82) is 0 Å². The molecule has 0 bridgehead atoms. The van der Waals surface area contributed by atoms with E-state index in [1.165, 1.54) is 4.57 Å². The Morgan fingerprint density at radius 3 is 2.68 bits per heavy atom. The number of hydrogen-bond donors (Lipinski definition) is 1. The number of aryl methyl sites for hydroxylation is 3. The number of nitrogens with one attached hydrogen (secondary N) is 1. The average molecular weight is 380 g/mol. The first kappa shape index (κ1) is 17.8. The average Bonchev–Trinajstić information content (AvgIpc) is 3.35. The van der Waals surface area contributed by atoms with Gasteiger partial charge in [0.1, 0.15) is 23.0 Å². The van der Waals surface area contributed by atoms with Crippen molar-refractivity contribution in [1.82, 2.24) is 28.8 Å². The second-order valence-electron chi connectivity index (χ2n) is 6.70. The quantitative estimate of drug-likeness (QED) is 0.579. The number of amides is 1. The van der Waals surface area contributed by atoms with Gasteiger partial charge in [-0.15, -0.1) is 0 Å². The van der Waals surface area contributed by atoms with Gasteiger partial charge in [-0.1, -0.05) is 0 Å². The van der Waals surface area contributed by atoms with Crippen LogP contribution in [0.25, 0.3) is 16.9 Å². The molecule has 4 heterocycles. The summed E-state index contributed by atoms with van der Waals surface area (Å²) in [6.07, 6.45) is 6.79. The summed E-state index contributed by atoms with van der Waals surface area (Å²) in [6, 6.07) is 1.88. The SMILES string of the molecule is Cc1cc(-c2cn3cc(C(=O)NCc4nccn4C)nc3c(=O)n2C)c(C)o1. The molecule has 0 fully saturated rings. The number of hydrogen-bond acceptors (Lipinski definition) is 5. The third kappa shape index (κ3) is 2.90. The van der Waals surface area contributed by atoms with Crippen molar-refractivity contribution in [2.75, 3.05) is 0 Å². The normalized spacial score (nSPS) is 11.3. The van der Waals surface area contributed by atoms with Crippen molar-refractivity contribution >= 4 is 11.6 Å². The van der Waals surface area contributed by atoms with E-state index in [1.807, 2.05) is 31.5 Å². The Kier molecular flexibility index (Phi) is 4.14. The lowest BCUT2D eigenvalue weighted by Crippen LogP contribution is -2.24. The fourth-order valence-corrected chi connectivity index (χ4v) is 3.19. The maximum atomic E-state index is 12.8. The van der Waals surface area contributed by atoms with E-state index < -0.39 is 0 Å². The van der Waals surface area contributed by atoms with Crippen LogP contribution in [0.15, 0.2) is 40.1 Å². The van der Waals surface area contributed by atoms with Gasteiger partial charge in [-0.25, -0.2) is 9.97 Å². The predicted octanol–water partition coefficient (Wildman–Crippen LogP) is 1.57. The molecule has 0 aliphatic carbocycles. The number of fused-ring (bicyclic) bond motifs is 1. The summed E-state index contributed by atoms with van der Waals surface area (Å²) in [7, 11) is 3.53. The maximum Gasteiger partial charge on any atom is 0.294 e. The van der Waals surface area contributed by atoms with Crippen molar-refractivity contribution < 1.29 is 9.21 Å². The number of furan rings is 1. The fourth-order valence-electron chi connectivity index (χ4n) is 3.19. The van der Waals surface area contributed by atoms with Gasteiger partial charge in [0, 0.05) is 44.4 Å². The number of nitrogens with zero attached hydrogens (tertiary/aromatic N) is 5. The summed E-state index contributed by atoms with van der Waals surface area (Å²) in [4.78, 5) is 33.6. The second kappa shape index (κ2) is 6.52. The molecule has 0 saturated heterocycles. The molecule has 0 aliphatic heterocycles. The first-order valence-electron chi connectivity index (χ1n) is 8.75. The zero-order valence-electron chi connectivity index (χ0n) is 16.1. The predicted molar refractivity (Wildman–Crippen MR) is 102 cm³/mol. The van der Waals surface area contributed by atoms with Crippen molar-refractivity contribution in [3.63, 3.8) is 0 Å². The monoisotopic (exact) mass is 380 g/mol. The van der Waals surface area contributed by atoms with Gasteiger partial charge in [0.2, 0.25) is 5.65 Å². The van der Waals surface area contributed by atoms with E-state index in [9.17, 15) is 9.59 Å². The van der Waals surface area contributed by atoms with E-state index in [0.717, 1.165) is 22.9 Å². The molecule has 1 N–H and O–H groups in total. The van der Waals surface area contributed by atoms with Gasteiger partial charge in [0.05, 0.1) is 12.2 Å². The Morgan fingerprint density at radius 2 is 2.04 bits per heavy atom. The summed E-state index contributed by atoms with van der Waals surface area (Å²) in [5, 5.41) is 2.77. The van der Waals surface area contributed by atoms with Gasteiger partial charge in [0.15, 0.2) is 0 Å². The molecule has 4 rings (SSSR count). The lowest BCUT2D eigenvalue weighted by Gasteiger charge is -2.07. The molecule has 0 spiro atoms. The molecule has 28 heavy (non-hydrogen) atoms. The highest BCUT2D eigenvalue weighted by atomic mass is 16.3. The summed E-state index contributed by atoms with van der Waals surface area (Å²) >= 11 is 0. The molecule has 144 valence electrons. The summed E-state index contributed by atoms with van der Waals surface area (Å²) in [6.45, 7) is 3.97. The Labute approximate surface area is 160 Å². The van der Waals surface area contributed by atoms with Crippen molar-refractivity contribution in [2.45, 2.75) is 20.4 Å². The number of aromatic nitrogens is 5. The highest BCUT2D eigenvalue weighted by molar-refractivity contribution is 5.92. The topological polar surface area (TPSA) is 99.4 Å². The number of carbonyl (C=O) groups is 1. The van der Waals surface area contributed by atoms with Crippen LogP contribution in [-0.2, 0) is 20.6 Å². The molecular formula is C19H20N6O3. The van der Waals surface area contributed by atoms with Gasteiger partial charge in [0.25, 0.3) is 11.5 Å². The van der Waals surface area contributed by atoms with Crippen LogP contribution < -0.4 is 10.9 Å². The van der Waals surface area contributed by atoms with Gasteiger partial charge in [-0.3, -0.25) is 14.0 Å². The third-order valence-electron chi connectivity index (χ3n) is 4.73. The lowest BCUT2D eigenvalue weighted by molar-refractivity contribution is 0.0945.